The molecule has 1 amide bonds. The van der Waals surface area contributed by atoms with Crippen molar-refractivity contribution in [1.82, 2.24) is 14.9 Å². The first-order valence-corrected chi connectivity index (χ1v) is 9.94. The van der Waals surface area contributed by atoms with Gasteiger partial charge >= 0.3 is 0 Å². The van der Waals surface area contributed by atoms with Crippen molar-refractivity contribution in [2.45, 2.75) is 45.1 Å². The third-order valence-corrected chi connectivity index (χ3v) is 6.56. The first-order chi connectivity index (χ1) is 12.1. The number of carbonyl (C=O) groups is 1. The van der Waals surface area contributed by atoms with Gasteiger partial charge in [-0.25, -0.2) is 9.97 Å². The Labute approximate surface area is 151 Å². The van der Waals surface area contributed by atoms with E-state index in [1.165, 1.54) is 28.7 Å². The minimum atomic E-state index is -0.247. The van der Waals surface area contributed by atoms with Crippen LogP contribution in [0.5, 0.6) is 0 Å². The lowest BCUT2D eigenvalue weighted by atomic mass is 9.89. The van der Waals surface area contributed by atoms with E-state index in [2.05, 4.69) is 27.1 Å². The van der Waals surface area contributed by atoms with Gasteiger partial charge in [-0.15, -0.1) is 11.3 Å². The monoisotopic (exact) mass is 359 g/mol. The van der Waals surface area contributed by atoms with Crippen LogP contribution in [0.3, 0.4) is 0 Å². The van der Waals surface area contributed by atoms with E-state index in [9.17, 15) is 4.79 Å². The molecule has 1 atom stereocenters. The summed E-state index contributed by atoms with van der Waals surface area (Å²) in [4.78, 5) is 24.9. The summed E-state index contributed by atoms with van der Waals surface area (Å²) in [5.74, 6) is 1.51. The molecule has 134 valence electrons. The zero-order valence-corrected chi connectivity index (χ0v) is 15.4. The molecule has 1 saturated heterocycles. The number of aromatic nitrogens is 2. The number of hydrogen-bond acceptors (Lipinski definition) is 6. The summed E-state index contributed by atoms with van der Waals surface area (Å²) in [6.07, 6.45) is 7.23. The number of aryl methyl sites for hydroxylation is 1. The Bertz CT molecular complexity index is 781. The van der Waals surface area contributed by atoms with E-state index < -0.39 is 0 Å². The average molecular weight is 359 g/mol. The van der Waals surface area contributed by atoms with Crippen molar-refractivity contribution >= 4 is 33.3 Å². The summed E-state index contributed by atoms with van der Waals surface area (Å²) in [5.41, 5.74) is 6.76. The van der Waals surface area contributed by atoms with Gasteiger partial charge in [-0.05, 0) is 43.6 Å². The maximum atomic E-state index is 11.1. The molecule has 7 heteroatoms. The van der Waals surface area contributed by atoms with E-state index in [0.717, 1.165) is 48.9 Å². The Morgan fingerprint density at radius 3 is 2.92 bits per heavy atom. The number of carbonyl (C=O) groups excluding carboxylic acids is 1. The van der Waals surface area contributed by atoms with Crippen molar-refractivity contribution < 1.29 is 4.79 Å². The molecule has 6 nitrogen and oxygen atoms in total. The molecule has 0 bridgehead atoms. The summed E-state index contributed by atoms with van der Waals surface area (Å²) < 4.78 is 0. The van der Waals surface area contributed by atoms with Gasteiger partial charge in [0.05, 0.1) is 11.9 Å². The summed E-state index contributed by atoms with van der Waals surface area (Å²) in [6, 6.07) is 0.389. The number of amides is 1. The van der Waals surface area contributed by atoms with Gasteiger partial charge in [0.1, 0.15) is 17.0 Å². The zero-order valence-electron chi connectivity index (χ0n) is 14.6. The zero-order chi connectivity index (χ0) is 17.4. The first kappa shape index (κ1) is 16.7. The maximum Gasteiger partial charge on any atom is 0.231 e. The van der Waals surface area contributed by atoms with Crippen molar-refractivity contribution in [3.8, 4) is 0 Å². The number of anilines is 1. The fourth-order valence-electron chi connectivity index (χ4n) is 4.03. The van der Waals surface area contributed by atoms with Gasteiger partial charge in [0.15, 0.2) is 0 Å². The van der Waals surface area contributed by atoms with E-state index in [0.29, 0.717) is 12.6 Å². The highest BCUT2D eigenvalue weighted by molar-refractivity contribution is 7.19. The predicted molar refractivity (Wildman–Crippen MR) is 101 cm³/mol. The second-order valence-electron chi connectivity index (χ2n) is 7.42. The largest absolute Gasteiger partial charge is 0.369 e. The molecule has 1 aliphatic carbocycles. The van der Waals surface area contributed by atoms with Crippen LogP contribution in [-0.2, 0) is 17.6 Å². The molecule has 1 aliphatic heterocycles. The predicted octanol–water partition coefficient (Wildman–Crippen LogP) is 2.18. The fourth-order valence-corrected chi connectivity index (χ4v) is 5.38. The number of piperidine rings is 1. The van der Waals surface area contributed by atoms with Crippen molar-refractivity contribution in [2.75, 3.05) is 25.0 Å². The van der Waals surface area contributed by atoms with E-state index in [1.807, 2.05) is 11.3 Å². The minimum absolute atomic E-state index is 0.247. The lowest BCUT2D eigenvalue weighted by Gasteiger charge is -2.31. The topological polar surface area (TPSA) is 84.1 Å². The van der Waals surface area contributed by atoms with Crippen LogP contribution in [0, 0.1) is 5.92 Å². The van der Waals surface area contributed by atoms with Crippen LogP contribution in [-0.4, -0.2) is 46.5 Å². The van der Waals surface area contributed by atoms with Crippen LogP contribution in [0.1, 0.15) is 36.6 Å². The van der Waals surface area contributed by atoms with Gasteiger partial charge in [-0.3, -0.25) is 9.69 Å². The van der Waals surface area contributed by atoms with Crippen LogP contribution < -0.4 is 11.1 Å². The first-order valence-electron chi connectivity index (χ1n) is 9.12. The number of rotatable bonds is 4. The highest BCUT2D eigenvalue weighted by atomic mass is 32.1. The molecule has 2 aliphatic rings. The SMILES string of the molecule is C[C@H]1CCc2c(sc3ncnc(NC4CCN(CC(N)=O)CC4)c23)C1. The molecule has 3 N–H and O–H groups in total. The fraction of sp³-hybridized carbons (Fsp3) is 0.611. The van der Waals surface area contributed by atoms with E-state index in [1.54, 1.807) is 6.33 Å². The number of fused-ring (bicyclic) bond motifs is 3. The van der Waals surface area contributed by atoms with Crippen molar-refractivity contribution in [2.24, 2.45) is 11.7 Å². The van der Waals surface area contributed by atoms with Gasteiger partial charge in [0, 0.05) is 24.0 Å². The molecule has 0 saturated carbocycles. The smallest absolute Gasteiger partial charge is 0.231 e. The Hall–Kier alpha value is -1.73. The highest BCUT2D eigenvalue weighted by Gasteiger charge is 2.25. The van der Waals surface area contributed by atoms with Crippen molar-refractivity contribution in [3.63, 3.8) is 0 Å². The van der Waals surface area contributed by atoms with Crippen LogP contribution in [0.15, 0.2) is 6.33 Å². The van der Waals surface area contributed by atoms with Crippen LogP contribution in [0.2, 0.25) is 0 Å². The van der Waals surface area contributed by atoms with Gasteiger partial charge < -0.3 is 11.1 Å². The molecule has 3 heterocycles. The van der Waals surface area contributed by atoms with Gasteiger partial charge in [-0.2, -0.15) is 0 Å². The molecule has 0 spiro atoms. The summed E-state index contributed by atoms with van der Waals surface area (Å²) in [6.45, 7) is 4.49. The van der Waals surface area contributed by atoms with Gasteiger partial charge in [0.2, 0.25) is 5.91 Å². The van der Waals surface area contributed by atoms with Gasteiger partial charge in [0.25, 0.3) is 0 Å². The van der Waals surface area contributed by atoms with E-state index in [4.69, 9.17) is 5.73 Å². The van der Waals surface area contributed by atoms with E-state index in [-0.39, 0.29) is 5.91 Å². The molecule has 2 aromatic rings. The molecular weight excluding hydrogens is 334 g/mol. The third kappa shape index (κ3) is 3.48. The Kier molecular flexibility index (Phi) is 4.60. The van der Waals surface area contributed by atoms with Crippen LogP contribution in [0.4, 0.5) is 5.82 Å². The summed E-state index contributed by atoms with van der Waals surface area (Å²) in [7, 11) is 0. The number of nitrogens with one attached hydrogen (secondary N) is 1. The summed E-state index contributed by atoms with van der Waals surface area (Å²) in [5, 5.41) is 4.90. The Balaban J connectivity index is 1.52. The second-order valence-corrected chi connectivity index (χ2v) is 8.50. The highest BCUT2D eigenvalue weighted by Crippen LogP contribution is 2.39. The molecule has 1 fully saturated rings. The molecular formula is C18H25N5OS. The molecule has 4 rings (SSSR count). The lowest BCUT2D eigenvalue weighted by molar-refractivity contribution is -0.119. The minimum Gasteiger partial charge on any atom is -0.369 e. The molecule has 0 radical (unpaired) electrons. The molecule has 0 aromatic carbocycles. The quantitative estimate of drug-likeness (QED) is 0.874. The van der Waals surface area contributed by atoms with Crippen LogP contribution in [0.25, 0.3) is 10.2 Å². The molecule has 2 aromatic heterocycles. The van der Waals surface area contributed by atoms with E-state index >= 15 is 0 Å². The van der Waals surface area contributed by atoms with Crippen LogP contribution >= 0.6 is 11.3 Å². The molecule has 0 unspecified atom stereocenters. The maximum absolute atomic E-state index is 11.1. The average Bonchev–Trinajstić information content (AvgIpc) is 2.94. The standard InChI is InChI=1S/C18H25N5OS/c1-11-2-3-13-14(8-11)25-18-16(13)17(20-10-21-18)22-12-4-6-23(7-5-12)9-15(19)24/h10-12H,2-9H2,1H3,(H2,19,24)(H,20,21,22)/t11-/m0/s1. The number of primary amides is 1. The third-order valence-electron chi connectivity index (χ3n) is 5.40. The normalized spacial score (nSPS) is 22.0. The number of nitrogens with zero attached hydrogens (tertiary/aromatic N) is 3. The van der Waals surface area contributed by atoms with Crippen molar-refractivity contribution in [1.29, 1.82) is 0 Å². The Morgan fingerprint density at radius 1 is 1.36 bits per heavy atom. The molecule has 25 heavy (non-hydrogen) atoms. The van der Waals surface area contributed by atoms with Crippen molar-refractivity contribution in [3.05, 3.63) is 16.8 Å². The second kappa shape index (κ2) is 6.88. The lowest BCUT2D eigenvalue weighted by Crippen LogP contribution is -2.43. The van der Waals surface area contributed by atoms with Gasteiger partial charge in [-0.1, -0.05) is 6.92 Å². The number of nitrogens with two attached hydrogens (primary N) is 1. The summed E-state index contributed by atoms with van der Waals surface area (Å²) >= 11 is 1.84. The number of hydrogen-bond donors (Lipinski definition) is 2. The number of thiophene rings is 1. The Morgan fingerprint density at radius 2 is 2.16 bits per heavy atom. The number of likely N-dealkylation sites (tertiary alicyclic amines) is 1.